The van der Waals surface area contributed by atoms with Crippen LogP contribution in [0.2, 0.25) is 0 Å². The Morgan fingerprint density at radius 2 is 2.03 bits per heavy atom. The maximum atomic E-state index is 12.2. The first-order valence-corrected chi connectivity index (χ1v) is 11.7. The van der Waals surface area contributed by atoms with Crippen molar-refractivity contribution in [3.63, 3.8) is 0 Å². The lowest BCUT2D eigenvalue weighted by molar-refractivity contribution is -0.130. The van der Waals surface area contributed by atoms with Crippen molar-refractivity contribution in [2.24, 2.45) is 0 Å². The molecular weight excluding hydrogens is 402 g/mol. The second-order valence-electron chi connectivity index (χ2n) is 8.61. The molecule has 0 radical (unpaired) electrons. The first-order valence-electron chi connectivity index (χ1n) is 11.7. The van der Waals surface area contributed by atoms with E-state index in [9.17, 15) is 4.79 Å². The van der Waals surface area contributed by atoms with E-state index in [2.05, 4.69) is 41.9 Å². The topological polar surface area (TPSA) is 65.4 Å². The van der Waals surface area contributed by atoms with Gasteiger partial charge in [-0.25, -0.2) is 4.98 Å². The smallest absolute Gasteiger partial charge is 0.249 e. The minimum absolute atomic E-state index is 0.0117. The third kappa shape index (κ3) is 5.30. The number of fused-ring (bicyclic) bond motifs is 1. The van der Waals surface area contributed by atoms with Gasteiger partial charge in [-0.05, 0) is 48.9 Å². The molecule has 1 amide bonds. The average Bonchev–Trinajstić information content (AvgIpc) is 3.45. The van der Waals surface area contributed by atoms with E-state index in [0.29, 0.717) is 32.1 Å². The number of carbonyl (C=O) groups excluding carboxylic acids is 1. The molecule has 1 N–H and O–H groups in total. The minimum atomic E-state index is -0.292. The fourth-order valence-electron chi connectivity index (χ4n) is 4.26. The number of amides is 1. The van der Waals surface area contributed by atoms with Crippen LogP contribution in [-0.2, 0) is 22.5 Å². The molecule has 32 heavy (non-hydrogen) atoms. The molecule has 0 saturated carbocycles. The fraction of sp³-hybridized carbons (Fsp3) is 0.462. The van der Waals surface area contributed by atoms with Gasteiger partial charge in [-0.15, -0.1) is 0 Å². The largest absolute Gasteiger partial charge is 0.493 e. The lowest BCUT2D eigenvalue weighted by Crippen LogP contribution is -2.35. The van der Waals surface area contributed by atoms with Crippen molar-refractivity contribution < 1.29 is 14.3 Å². The summed E-state index contributed by atoms with van der Waals surface area (Å²) in [6.45, 7) is 7.07. The molecule has 1 fully saturated rings. The molecule has 1 saturated heterocycles. The highest BCUT2D eigenvalue weighted by atomic mass is 16.5. The van der Waals surface area contributed by atoms with Crippen molar-refractivity contribution >= 4 is 16.9 Å². The lowest BCUT2D eigenvalue weighted by atomic mass is 10.0. The van der Waals surface area contributed by atoms with Crippen LogP contribution in [0.5, 0.6) is 5.75 Å². The van der Waals surface area contributed by atoms with Crippen LogP contribution in [0.1, 0.15) is 50.4 Å². The van der Waals surface area contributed by atoms with Gasteiger partial charge in [0.15, 0.2) is 0 Å². The predicted octanol–water partition coefficient (Wildman–Crippen LogP) is 4.47. The van der Waals surface area contributed by atoms with Crippen molar-refractivity contribution in [3.05, 3.63) is 59.9 Å². The summed E-state index contributed by atoms with van der Waals surface area (Å²) in [5, 5.41) is 3.01. The Morgan fingerprint density at radius 3 is 2.84 bits per heavy atom. The van der Waals surface area contributed by atoms with E-state index in [0.717, 1.165) is 48.4 Å². The van der Waals surface area contributed by atoms with Crippen LogP contribution >= 0.6 is 0 Å². The summed E-state index contributed by atoms with van der Waals surface area (Å²) in [5.74, 6) is 2.37. The third-order valence-electron chi connectivity index (χ3n) is 5.93. The van der Waals surface area contributed by atoms with Crippen LogP contribution in [0.4, 0.5) is 0 Å². The van der Waals surface area contributed by atoms with Crippen LogP contribution in [0.25, 0.3) is 11.0 Å². The number of benzene rings is 2. The van der Waals surface area contributed by atoms with Gasteiger partial charge in [-0.2, -0.15) is 0 Å². The van der Waals surface area contributed by atoms with Gasteiger partial charge < -0.3 is 19.4 Å². The second-order valence-corrected chi connectivity index (χ2v) is 8.61. The van der Waals surface area contributed by atoms with Crippen molar-refractivity contribution in [2.75, 3.05) is 19.8 Å². The van der Waals surface area contributed by atoms with E-state index >= 15 is 0 Å². The summed E-state index contributed by atoms with van der Waals surface area (Å²) in [6.07, 6.45) is 3.04. The molecular formula is C26H33N3O3. The number of imidazole rings is 1. The molecule has 1 aromatic heterocycles. The molecule has 1 unspecified atom stereocenters. The first kappa shape index (κ1) is 22.3. The molecule has 2 aromatic carbocycles. The molecule has 1 aliphatic heterocycles. The van der Waals surface area contributed by atoms with Crippen LogP contribution in [0.3, 0.4) is 0 Å². The van der Waals surface area contributed by atoms with E-state index in [1.54, 1.807) is 0 Å². The molecule has 1 atom stereocenters. The van der Waals surface area contributed by atoms with E-state index < -0.39 is 0 Å². The molecule has 4 rings (SSSR count). The van der Waals surface area contributed by atoms with Gasteiger partial charge in [-0.1, -0.05) is 44.2 Å². The van der Waals surface area contributed by atoms with Gasteiger partial charge >= 0.3 is 0 Å². The molecule has 170 valence electrons. The average molecular weight is 436 g/mol. The molecule has 6 heteroatoms. The van der Waals surface area contributed by atoms with Crippen LogP contribution in [-0.4, -0.2) is 41.3 Å². The van der Waals surface area contributed by atoms with Crippen molar-refractivity contribution in [1.29, 1.82) is 0 Å². The highest BCUT2D eigenvalue weighted by Crippen LogP contribution is 2.26. The molecule has 6 nitrogen and oxygen atoms in total. The number of hydrogen-bond acceptors (Lipinski definition) is 4. The van der Waals surface area contributed by atoms with Gasteiger partial charge in [0, 0.05) is 26.1 Å². The van der Waals surface area contributed by atoms with Crippen LogP contribution in [0, 0.1) is 0 Å². The second kappa shape index (κ2) is 10.6. The van der Waals surface area contributed by atoms with Gasteiger partial charge in [0.25, 0.3) is 0 Å². The number of aryl methyl sites for hydroxylation is 1. The monoisotopic (exact) mass is 435 g/mol. The summed E-state index contributed by atoms with van der Waals surface area (Å²) in [5.41, 5.74) is 3.35. The summed E-state index contributed by atoms with van der Waals surface area (Å²) in [7, 11) is 0. The Bertz CT molecular complexity index is 1040. The standard InChI is InChI=1S/C26H33N3O3/c1-19(2)20-9-3-6-12-23(20)31-18-8-16-29-22-11-5-4-10-21(22)28-25(29)14-15-27-26(30)24-13-7-17-32-24/h3-6,9-12,19,24H,7-8,13-18H2,1-2H3,(H,27,30). The summed E-state index contributed by atoms with van der Waals surface area (Å²) in [6, 6.07) is 16.4. The number of nitrogens with one attached hydrogen (secondary N) is 1. The number of hydrogen-bond donors (Lipinski definition) is 1. The number of carbonyl (C=O) groups is 1. The zero-order valence-electron chi connectivity index (χ0n) is 19.0. The Kier molecular flexibility index (Phi) is 7.43. The Balaban J connectivity index is 1.36. The first-order chi connectivity index (χ1) is 15.6. The molecule has 3 aromatic rings. The minimum Gasteiger partial charge on any atom is -0.493 e. The quantitative estimate of drug-likeness (QED) is 0.477. The van der Waals surface area contributed by atoms with E-state index in [1.807, 2.05) is 30.3 Å². The maximum Gasteiger partial charge on any atom is 0.249 e. The maximum absolute atomic E-state index is 12.2. The summed E-state index contributed by atoms with van der Waals surface area (Å²) < 4.78 is 13.8. The van der Waals surface area contributed by atoms with Crippen LogP contribution in [0.15, 0.2) is 48.5 Å². The van der Waals surface area contributed by atoms with Crippen molar-refractivity contribution in [3.8, 4) is 5.75 Å². The Labute approximate surface area is 189 Å². The summed E-state index contributed by atoms with van der Waals surface area (Å²) in [4.78, 5) is 17.1. The molecule has 1 aliphatic rings. The van der Waals surface area contributed by atoms with Crippen molar-refractivity contribution in [2.45, 2.75) is 58.1 Å². The van der Waals surface area contributed by atoms with E-state index in [-0.39, 0.29) is 12.0 Å². The molecule has 0 aliphatic carbocycles. The number of ether oxygens (including phenoxy) is 2. The van der Waals surface area contributed by atoms with E-state index in [1.165, 1.54) is 5.56 Å². The number of rotatable bonds is 10. The highest BCUT2D eigenvalue weighted by molar-refractivity contribution is 5.81. The van der Waals surface area contributed by atoms with Crippen molar-refractivity contribution in [1.82, 2.24) is 14.9 Å². The Hall–Kier alpha value is -2.86. The number of nitrogens with zero attached hydrogens (tertiary/aromatic N) is 2. The normalized spacial score (nSPS) is 16.0. The summed E-state index contributed by atoms with van der Waals surface area (Å²) >= 11 is 0. The predicted molar refractivity (Wildman–Crippen MR) is 126 cm³/mol. The molecule has 0 spiro atoms. The number of aromatic nitrogens is 2. The SMILES string of the molecule is CC(C)c1ccccc1OCCCn1c(CCNC(=O)C2CCCO2)nc2ccccc21. The number of para-hydroxylation sites is 3. The van der Waals surface area contributed by atoms with E-state index in [4.69, 9.17) is 14.5 Å². The van der Waals surface area contributed by atoms with Crippen LogP contribution < -0.4 is 10.1 Å². The van der Waals surface area contributed by atoms with Gasteiger partial charge in [0.05, 0.1) is 17.6 Å². The lowest BCUT2D eigenvalue weighted by Gasteiger charge is -2.15. The fourth-order valence-corrected chi connectivity index (χ4v) is 4.26. The molecule has 2 heterocycles. The highest BCUT2D eigenvalue weighted by Gasteiger charge is 2.23. The van der Waals surface area contributed by atoms with Gasteiger partial charge in [0.1, 0.15) is 17.7 Å². The zero-order valence-corrected chi connectivity index (χ0v) is 19.0. The Morgan fingerprint density at radius 1 is 1.22 bits per heavy atom. The molecule has 0 bridgehead atoms. The third-order valence-corrected chi connectivity index (χ3v) is 5.93. The van der Waals surface area contributed by atoms with Gasteiger partial charge in [0.2, 0.25) is 5.91 Å². The van der Waals surface area contributed by atoms with Gasteiger partial charge in [-0.3, -0.25) is 4.79 Å². The zero-order chi connectivity index (χ0) is 22.3.